The highest BCUT2D eigenvalue weighted by molar-refractivity contribution is 5.65. The van der Waals surface area contributed by atoms with Gasteiger partial charge in [-0.1, -0.05) is 0 Å². The van der Waals surface area contributed by atoms with Crippen LogP contribution in [0.5, 0.6) is 0 Å². The van der Waals surface area contributed by atoms with Gasteiger partial charge in [0.25, 0.3) is 0 Å². The first kappa shape index (κ1) is 20.4. The zero-order valence-corrected chi connectivity index (χ0v) is 17.8. The third-order valence-corrected chi connectivity index (χ3v) is 6.07. The average Bonchev–Trinajstić information content (AvgIpc) is 3.59. The second kappa shape index (κ2) is 7.98. The fourth-order valence-corrected chi connectivity index (χ4v) is 4.48. The normalized spacial score (nSPS) is 16.0. The van der Waals surface area contributed by atoms with Gasteiger partial charge >= 0.3 is 0 Å². The third-order valence-electron chi connectivity index (χ3n) is 6.07. The highest BCUT2D eigenvalue weighted by Gasteiger charge is 2.30. The van der Waals surface area contributed by atoms with E-state index in [1.165, 1.54) is 12.1 Å². The summed E-state index contributed by atoms with van der Waals surface area (Å²) in [6, 6.07) is 6.43. The molecule has 1 saturated heterocycles. The van der Waals surface area contributed by atoms with Crippen LogP contribution in [0.2, 0.25) is 0 Å². The van der Waals surface area contributed by atoms with Crippen molar-refractivity contribution in [3.05, 3.63) is 90.5 Å². The molecule has 5 heterocycles. The van der Waals surface area contributed by atoms with Crippen molar-refractivity contribution >= 4 is 11.5 Å². The molecule has 0 amide bonds. The number of hydrogen-bond acceptors (Lipinski definition) is 5. The van der Waals surface area contributed by atoms with Gasteiger partial charge in [0, 0.05) is 41.8 Å². The van der Waals surface area contributed by atoms with Gasteiger partial charge in [-0.2, -0.15) is 10.2 Å². The molecule has 34 heavy (non-hydrogen) atoms. The monoisotopic (exact) mass is 461 g/mol. The summed E-state index contributed by atoms with van der Waals surface area (Å²) in [5.74, 6) is -0.683. The molecule has 5 aromatic rings. The summed E-state index contributed by atoms with van der Waals surface area (Å²) in [5.41, 5.74) is 2.81. The van der Waals surface area contributed by atoms with Crippen molar-refractivity contribution in [3.8, 4) is 16.8 Å². The number of nitrogens with zero attached hydrogens (tertiary/aromatic N) is 7. The van der Waals surface area contributed by atoms with Crippen LogP contribution in [-0.4, -0.2) is 35.9 Å². The molecule has 170 valence electrons. The predicted molar refractivity (Wildman–Crippen MR) is 119 cm³/mol. The SMILES string of the molecule is Fc1cncc(-c2cnn(-c3cnn4ccc(N5CCC[C@H]5c5cc(F)ccc5F)nc34)c2)c1. The molecule has 10 heteroatoms. The van der Waals surface area contributed by atoms with E-state index >= 15 is 0 Å². The van der Waals surface area contributed by atoms with Gasteiger partial charge in [-0.25, -0.2) is 27.4 Å². The van der Waals surface area contributed by atoms with Crippen molar-refractivity contribution in [2.45, 2.75) is 18.9 Å². The second-order valence-corrected chi connectivity index (χ2v) is 8.17. The highest BCUT2D eigenvalue weighted by atomic mass is 19.1. The number of halogens is 3. The van der Waals surface area contributed by atoms with E-state index in [0.29, 0.717) is 46.8 Å². The second-order valence-electron chi connectivity index (χ2n) is 8.17. The Bertz CT molecular complexity index is 1510. The van der Waals surface area contributed by atoms with E-state index in [4.69, 9.17) is 4.98 Å². The van der Waals surface area contributed by atoms with Crippen LogP contribution in [0.25, 0.3) is 22.5 Å². The van der Waals surface area contributed by atoms with E-state index in [-0.39, 0.29) is 6.04 Å². The molecule has 1 atom stereocenters. The first-order valence-electron chi connectivity index (χ1n) is 10.8. The number of fused-ring (bicyclic) bond motifs is 1. The summed E-state index contributed by atoms with van der Waals surface area (Å²) in [6.45, 7) is 0.672. The van der Waals surface area contributed by atoms with Crippen LogP contribution in [0, 0.1) is 17.5 Å². The quantitative estimate of drug-likeness (QED) is 0.387. The molecule has 0 saturated carbocycles. The Hall–Kier alpha value is -4.21. The Balaban J connectivity index is 1.38. The molecule has 7 nitrogen and oxygen atoms in total. The molecular weight excluding hydrogens is 443 g/mol. The lowest BCUT2D eigenvalue weighted by Crippen LogP contribution is -2.24. The Morgan fingerprint density at radius 3 is 2.68 bits per heavy atom. The minimum Gasteiger partial charge on any atom is -0.349 e. The molecule has 1 aliphatic rings. The Labute approximate surface area is 192 Å². The lowest BCUT2D eigenvalue weighted by atomic mass is 10.0. The molecule has 1 aromatic carbocycles. The number of anilines is 1. The Morgan fingerprint density at radius 2 is 1.79 bits per heavy atom. The summed E-state index contributed by atoms with van der Waals surface area (Å²) >= 11 is 0. The van der Waals surface area contributed by atoms with E-state index < -0.39 is 17.5 Å². The lowest BCUT2D eigenvalue weighted by Gasteiger charge is -2.26. The summed E-state index contributed by atoms with van der Waals surface area (Å²) in [4.78, 5) is 10.7. The van der Waals surface area contributed by atoms with Crippen LogP contribution < -0.4 is 4.90 Å². The maximum atomic E-state index is 14.5. The van der Waals surface area contributed by atoms with E-state index in [1.54, 1.807) is 40.2 Å². The number of pyridine rings is 1. The highest BCUT2D eigenvalue weighted by Crippen LogP contribution is 2.37. The topological polar surface area (TPSA) is 64.1 Å². The summed E-state index contributed by atoms with van der Waals surface area (Å²) in [6.07, 6.45) is 11.0. The van der Waals surface area contributed by atoms with Gasteiger partial charge in [-0.3, -0.25) is 4.98 Å². The molecule has 0 bridgehead atoms. The average molecular weight is 461 g/mol. The van der Waals surface area contributed by atoms with Crippen molar-refractivity contribution in [2.24, 2.45) is 0 Å². The number of rotatable bonds is 4. The fraction of sp³-hybridized carbons (Fsp3) is 0.167. The van der Waals surface area contributed by atoms with E-state index in [2.05, 4.69) is 15.2 Å². The molecule has 0 spiro atoms. The van der Waals surface area contributed by atoms with Crippen LogP contribution >= 0.6 is 0 Å². The van der Waals surface area contributed by atoms with Crippen molar-refractivity contribution < 1.29 is 13.2 Å². The van der Waals surface area contributed by atoms with E-state index in [0.717, 1.165) is 24.8 Å². The van der Waals surface area contributed by atoms with Crippen LogP contribution in [0.15, 0.2) is 67.5 Å². The standard InChI is InChI=1S/C24H18F3N7/c25-17-3-4-20(27)19(9-17)21-2-1-6-32(21)23-5-7-33-24(31-23)22(13-30-33)34-14-16(11-29-34)15-8-18(26)12-28-10-15/h3-5,7-14,21H,1-2,6H2/t21-/m0/s1. The molecular formula is C24H18F3N7. The lowest BCUT2D eigenvalue weighted by molar-refractivity contribution is 0.560. The Kier molecular flexibility index (Phi) is 4.79. The number of aromatic nitrogens is 6. The van der Waals surface area contributed by atoms with Gasteiger partial charge in [0.1, 0.15) is 29.0 Å². The van der Waals surface area contributed by atoms with Gasteiger partial charge in [0.2, 0.25) is 0 Å². The molecule has 4 aromatic heterocycles. The molecule has 0 N–H and O–H groups in total. The molecule has 0 radical (unpaired) electrons. The molecule has 6 rings (SSSR count). The van der Waals surface area contributed by atoms with Crippen LogP contribution in [0.1, 0.15) is 24.4 Å². The molecule has 0 unspecified atom stereocenters. The smallest absolute Gasteiger partial charge is 0.183 e. The summed E-state index contributed by atoms with van der Waals surface area (Å²) in [7, 11) is 0. The van der Waals surface area contributed by atoms with Gasteiger partial charge in [0.15, 0.2) is 5.65 Å². The zero-order chi connectivity index (χ0) is 23.2. The van der Waals surface area contributed by atoms with Crippen molar-refractivity contribution in [1.82, 2.24) is 29.4 Å². The molecule has 1 aliphatic heterocycles. The minimum atomic E-state index is -0.465. The van der Waals surface area contributed by atoms with Gasteiger partial charge in [0.05, 0.1) is 24.6 Å². The maximum Gasteiger partial charge on any atom is 0.183 e. The molecule has 1 fully saturated rings. The summed E-state index contributed by atoms with van der Waals surface area (Å²) < 4.78 is 45.2. The minimum absolute atomic E-state index is 0.311. The van der Waals surface area contributed by atoms with Gasteiger partial charge in [-0.15, -0.1) is 0 Å². The van der Waals surface area contributed by atoms with Crippen LogP contribution in [-0.2, 0) is 0 Å². The number of hydrogen-bond donors (Lipinski definition) is 0. The van der Waals surface area contributed by atoms with Crippen molar-refractivity contribution in [2.75, 3.05) is 11.4 Å². The third kappa shape index (κ3) is 3.47. The van der Waals surface area contributed by atoms with E-state index in [1.807, 2.05) is 11.0 Å². The Morgan fingerprint density at radius 1 is 0.882 bits per heavy atom. The number of benzene rings is 1. The first-order valence-corrected chi connectivity index (χ1v) is 10.8. The first-order chi connectivity index (χ1) is 16.6. The summed E-state index contributed by atoms with van der Waals surface area (Å²) in [5, 5.41) is 8.75. The molecule has 0 aliphatic carbocycles. The zero-order valence-electron chi connectivity index (χ0n) is 17.8. The predicted octanol–water partition coefficient (Wildman–Crippen LogP) is 4.74. The van der Waals surface area contributed by atoms with Gasteiger partial charge in [-0.05, 0) is 43.2 Å². The van der Waals surface area contributed by atoms with E-state index in [9.17, 15) is 13.2 Å². The maximum absolute atomic E-state index is 14.5. The van der Waals surface area contributed by atoms with Crippen LogP contribution in [0.4, 0.5) is 19.0 Å². The van der Waals surface area contributed by atoms with Crippen molar-refractivity contribution in [3.63, 3.8) is 0 Å². The fourth-order valence-electron chi connectivity index (χ4n) is 4.48. The largest absolute Gasteiger partial charge is 0.349 e. The van der Waals surface area contributed by atoms with Crippen molar-refractivity contribution in [1.29, 1.82) is 0 Å². The van der Waals surface area contributed by atoms with Crippen LogP contribution in [0.3, 0.4) is 0 Å². The van der Waals surface area contributed by atoms with Gasteiger partial charge < -0.3 is 4.90 Å².